The lowest BCUT2D eigenvalue weighted by Gasteiger charge is -2.25. The molecule has 0 bridgehead atoms. The summed E-state index contributed by atoms with van der Waals surface area (Å²) >= 11 is 5.91. The lowest BCUT2D eigenvalue weighted by Crippen LogP contribution is -2.26. The minimum absolute atomic E-state index is 0.223. The number of hydrogen-bond acceptors (Lipinski definition) is 2. The monoisotopic (exact) mass is 240 g/mol. The highest BCUT2D eigenvalue weighted by Crippen LogP contribution is 2.23. The SMILES string of the molecule is Cc1cc(Cl)ccc1NCC(C)(C)CCN. The van der Waals surface area contributed by atoms with E-state index in [1.54, 1.807) is 0 Å². The predicted octanol–water partition coefficient (Wildman–Crippen LogP) is 3.44. The van der Waals surface area contributed by atoms with Crippen LogP contribution in [0.15, 0.2) is 18.2 Å². The van der Waals surface area contributed by atoms with Gasteiger partial charge >= 0.3 is 0 Å². The van der Waals surface area contributed by atoms with E-state index in [1.165, 1.54) is 5.56 Å². The fourth-order valence-corrected chi connectivity index (χ4v) is 1.87. The molecule has 0 unspecified atom stereocenters. The van der Waals surface area contributed by atoms with E-state index in [1.807, 2.05) is 18.2 Å². The van der Waals surface area contributed by atoms with Gasteiger partial charge in [-0.2, -0.15) is 0 Å². The first kappa shape index (κ1) is 13.3. The van der Waals surface area contributed by atoms with E-state index >= 15 is 0 Å². The highest BCUT2D eigenvalue weighted by atomic mass is 35.5. The van der Waals surface area contributed by atoms with Gasteiger partial charge in [0.1, 0.15) is 0 Å². The topological polar surface area (TPSA) is 38.0 Å². The molecular formula is C13H21ClN2. The fourth-order valence-electron chi connectivity index (χ4n) is 1.64. The van der Waals surface area contributed by atoms with Gasteiger partial charge in [0.05, 0.1) is 0 Å². The number of rotatable bonds is 5. The minimum atomic E-state index is 0.223. The molecule has 0 spiro atoms. The van der Waals surface area contributed by atoms with E-state index in [0.29, 0.717) is 0 Å². The van der Waals surface area contributed by atoms with Crippen molar-refractivity contribution in [1.82, 2.24) is 0 Å². The van der Waals surface area contributed by atoms with E-state index in [-0.39, 0.29) is 5.41 Å². The van der Waals surface area contributed by atoms with Crippen LogP contribution < -0.4 is 11.1 Å². The van der Waals surface area contributed by atoms with Gasteiger partial charge in [0, 0.05) is 17.3 Å². The molecule has 2 nitrogen and oxygen atoms in total. The lowest BCUT2D eigenvalue weighted by atomic mass is 9.89. The maximum atomic E-state index is 5.91. The smallest absolute Gasteiger partial charge is 0.0410 e. The standard InChI is InChI=1S/C13H21ClN2/c1-10-8-11(14)4-5-12(10)16-9-13(2,3)6-7-15/h4-5,8,16H,6-7,9,15H2,1-3H3. The molecule has 0 aliphatic heterocycles. The first-order valence-electron chi connectivity index (χ1n) is 5.65. The van der Waals surface area contributed by atoms with Crippen molar-refractivity contribution in [2.45, 2.75) is 27.2 Å². The maximum absolute atomic E-state index is 5.91. The average Bonchev–Trinajstić information content (AvgIpc) is 2.16. The summed E-state index contributed by atoms with van der Waals surface area (Å²) in [4.78, 5) is 0. The van der Waals surface area contributed by atoms with Gasteiger partial charge in [0.15, 0.2) is 0 Å². The van der Waals surface area contributed by atoms with Crippen LogP contribution in [0.1, 0.15) is 25.8 Å². The molecule has 3 N–H and O–H groups in total. The zero-order valence-corrected chi connectivity index (χ0v) is 11.1. The summed E-state index contributed by atoms with van der Waals surface area (Å²) < 4.78 is 0. The number of benzene rings is 1. The molecule has 90 valence electrons. The molecule has 0 aliphatic rings. The molecule has 1 aromatic rings. The van der Waals surface area contributed by atoms with Crippen molar-refractivity contribution in [1.29, 1.82) is 0 Å². The van der Waals surface area contributed by atoms with Crippen LogP contribution in [-0.4, -0.2) is 13.1 Å². The molecular weight excluding hydrogens is 220 g/mol. The molecule has 16 heavy (non-hydrogen) atoms. The molecule has 0 aromatic heterocycles. The number of halogens is 1. The molecule has 0 amide bonds. The number of aryl methyl sites for hydroxylation is 1. The first-order valence-corrected chi connectivity index (χ1v) is 6.02. The second kappa shape index (κ2) is 5.55. The third-order valence-electron chi connectivity index (χ3n) is 2.77. The van der Waals surface area contributed by atoms with E-state index < -0.39 is 0 Å². The van der Waals surface area contributed by atoms with Crippen LogP contribution in [0, 0.1) is 12.3 Å². The normalized spacial score (nSPS) is 11.6. The first-order chi connectivity index (χ1) is 7.44. The Morgan fingerprint density at radius 2 is 2.06 bits per heavy atom. The van der Waals surface area contributed by atoms with E-state index in [2.05, 4.69) is 26.1 Å². The molecule has 0 saturated heterocycles. The highest BCUT2D eigenvalue weighted by Gasteiger charge is 2.16. The second-order valence-corrected chi connectivity index (χ2v) is 5.45. The van der Waals surface area contributed by atoms with Crippen LogP contribution in [-0.2, 0) is 0 Å². The summed E-state index contributed by atoms with van der Waals surface area (Å²) in [6, 6.07) is 5.91. The highest BCUT2D eigenvalue weighted by molar-refractivity contribution is 6.30. The number of hydrogen-bond donors (Lipinski definition) is 2. The Hall–Kier alpha value is -0.730. The molecule has 0 saturated carbocycles. The summed E-state index contributed by atoms with van der Waals surface area (Å²) in [5.74, 6) is 0. The van der Waals surface area contributed by atoms with Crippen LogP contribution in [0.3, 0.4) is 0 Å². The summed E-state index contributed by atoms with van der Waals surface area (Å²) in [6.07, 6.45) is 1.02. The minimum Gasteiger partial charge on any atom is -0.384 e. The summed E-state index contributed by atoms with van der Waals surface area (Å²) in [5, 5.41) is 4.23. The van der Waals surface area contributed by atoms with Gasteiger partial charge in [-0.25, -0.2) is 0 Å². The van der Waals surface area contributed by atoms with Crippen molar-refractivity contribution in [3.63, 3.8) is 0 Å². The zero-order valence-electron chi connectivity index (χ0n) is 10.3. The van der Waals surface area contributed by atoms with Crippen molar-refractivity contribution < 1.29 is 0 Å². The Balaban J connectivity index is 2.61. The third-order valence-corrected chi connectivity index (χ3v) is 3.00. The molecule has 1 aromatic carbocycles. The van der Waals surface area contributed by atoms with Gasteiger partial charge in [0.25, 0.3) is 0 Å². The Bertz CT molecular complexity index is 348. The average molecular weight is 241 g/mol. The molecule has 3 heteroatoms. The summed E-state index contributed by atoms with van der Waals surface area (Å²) in [6.45, 7) is 8.15. The molecule has 0 atom stereocenters. The third kappa shape index (κ3) is 4.03. The van der Waals surface area contributed by atoms with Crippen molar-refractivity contribution >= 4 is 17.3 Å². The molecule has 1 rings (SSSR count). The fraction of sp³-hybridized carbons (Fsp3) is 0.538. The Morgan fingerprint density at radius 1 is 1.38 bits per heavy atom. The van der Waals surface area contributed by atoms with Gasteiger partial charge < -0.3 is 11.1 Å². The Kier molecular flexibility index (Phi) is 4.63. The van der Waals surface area contributed by atoms with Crippen LogP contribution in [0.25, 0.3) is 0 Å². The summed E-state index contributed by atoms with van der Waals surface area (Å²) in [5.41, 5.74) is 8.14. The van der Waals surface area contributed by atoms with E-state index in [0.717, 1.165) is 30.2 Å². The largest absolute Gasteiger partial charge is 0.384 e. The van der Waals surface area contributed by atoms with Crippen LogP contribution in [0.2, 0.25) is 5.02 Å². The van der Waals surface area contributed by atoms with Gasteiger partial charge in [-0.1, -0.05) is 25.4 Å². The van der Waals surface area contributed by atoms with Crippen molar-refractivity contribution in [2.24, 2.45) is 11.1 Å². The lowest BCUT2D eigenvalue weighted by molar-refractivity contribution is 0.365. The van der Waals surface area contributed by atoms with Gasteiger partial charge in [-0.3, -0.25) is 0 Å². The molecule has 0 radical (unpaired) electrons. The Morgan fingerprint density at radius 3 is 2.62 bits per heavy atom. The van der Waals surface area contributed by atoms with Crippen LogP contribution >= 0.6 is 11.6 Å². The molecule has 0 aliphatic carbocycles. The van der Waals surface area contributed by atoms with Gasteiger partial charge in [0.2, 0.25) is 0 Å². The van der Waals surface area contributed by atoms with Gasteiger partial charge in [-0.15, -0.1) is 0 Å². The van der Waals surface area contributed by atoms with E-state index in [9.17, 15) is 0 Å². The zero-order chi connectivity index (χ0) is 12.2. The van der Waals surface area contributed by atoms with Crippen molar-refractivity contribution in [3.05, 3.63) is 28.8 Å². The number of anilines is 1. The number of nitrogens with two attached hydrogens (primary N) is 1. The quantitative estimate of drug-likeness (QED) is 0.828. The second-order valence-electron chi connectivity index (χ2n) is 5.02. The van der Waals surface area contributed by atoms with Crippen molar-refractivity contribution in [3.8, 4) is 0 Å². The van der Waals surface area contributed by atoms with Crippen LogP contribution in [0.5, 0.6) is 0 Å². The Labute approximate surface area is 103 Å². The van der Waals surface area contributed by atoms with Crippen LogP contribution in [0.4, 0.5) is 5.69 Å². The molecule has 0 heterocycles. The molecule has 0 fully saturated rings. The number of nitrogens with one attached hydrogen (secondary N) is 1. The predicted molar refractivity (Wildman–Crippen MR) is 72.1 cm³/mol. The van der Waals surface area contributed by atoms with E-state index in [4.69, 9.17) is 17.3 Å². The van der Waals surface area contributed by atoms with Gasteiger partial charge in [-0.05, 0) is 49.1 Å². The maximum Gasteiger partial charge on any atom is 0.0410 e. The summed E-state index contributed by atoms with van der Waals surface area (Å²) in [7, 11) is 0. The van der Waals surface area contributed by atoms with Crippen molar-refractivity contribution in [2.75, 3.05) is 18.4 Å².